The lowest BCUT2D eigenvalue weighted by molar-refractivity contribution is -0.144. The van der Waals surface area contributed by atoms with Crippen LogP contribution in [0.1, 0.15) is 48.0 Å². The topological polar surface area (TPSA) is 121 Å². The number of benzene rings is 2. The number of methoxy groups -OCH3 is 1. The minimum Gasteiger partial charge on any atom is -0.481 e. The van der Waals surface area contributed by atoms with E-state index in [9.17, 15) is 23.9 Å². The lowest BCUT2D eigenvalue weighted by Gasteiger charge is -2.30. The molecule has 2 amide bonds. The standard InChI is InChI=1S/C30H32Cl2FN3O6/c1-41-20-11-18(15-42-19-7-5-16(6-8-19)30(39)40)36(14-20)27(37)10-17-9-24(32)26(12-23(17)31)35-29(38)22-13-34-28-21(22)3-2-4-25(28)33/h2-4,9,12-13,16,18-20,34H,5-8,10-11,14-15H2,1H3,(H,35,38)(H,39,40)/t16-,18-,19-,20-/m0/s1. The Labute approximate surface area is 252 Å². The minimum atomic E-state index is -0.760. The van der Waals surface area contributed by atoms with Crippen molar-refractivity contribution in [2.75, 3.05) is 25.6 Å². The fourth-order valence-electron chi connectivity index (χ4n) is 5.81. The Morgan fingerprint density at radius 3 is 2.60 bits per heavy atom. The van der Waals surface area contributed by atoms with Crippen LogP contribution in [-0.2, 0) is 25.5 Å². The number of carbonyl (C=O) groups is 3. The van der Waals surface area contributed by atoms with Crippen molar-refractivity contribution in [2.45, 2.75) is 56.8 Å². The highest BCUT2D eigenvalue weighted by Gasteiger charge is 2.36. The number of hydrogen-bond acceptors (Lipinski definition) is 5. The molecule has 2 aliphatic rings. The minimum absolute atomic E-state index is 0.00877. The lowest BCUT2D eigenvalue weighted by atomic mass is 9.87. The first-order chi connectivity index (χ1) is 20.1. The van der Waals surface area contributed by atoms with E-state index in [1.165, 1.54) is 24.4 Å². The van der Waals surface area contributed by atoms with Gasteiger partial charge in [0.05, 0.1) is 59.0 Å². The quantitative estimate of drug-likeness (QED) is 0.283. The molecule has 12 heteroatoms. The van der Waals surface area contributed by atoms with Gasteiger partial charge in [-0.25, -0.2) is 4.39 Å². The van der Waals surface area contributed by atoms with Crippen LogP contribution in [0.3, 0.4) is 0 Å². The second-order valence-corrected chi connectivity index (χ2v) is 11.7. The van der Waals surface area contributed by atoms with Gasteiger partial charge in [-0.2, -0.15) is 0 Å². The third-order valence-corrected chi connectivity index (χ3v) is 8.88. The molecule has 2 heterocycles. The first-order valence-corrected chi connectivity index (χ1v) is 14.6. The number of hydrogen-bond donors (Lipinski definition) is 3. The number of rotatable bonds is 9. The highest BCUT2D eigenvalue weighted by atomic mass is 35.5. The van der Waals surface area contributed by atoms with Gasteiger partial charge >= 0.3 is 5.97 Å². The second kappa shape index (κ2) is 13.0. The van der Waals surface area contributed by atoms with Gasteiger partial charge in [0.25, 0.3) is 5.91 Å². The van der Waals surface area contributed by atoms with Crippen LogP contribution >= 0.6 is 23.2 Å². The van der Waals surface area contributed by atoms with E-state index in [2.05, 4.69) is 10.3 Å². The molecule has 5 rings (SSSR count). The van der Waals surface area contributed by atoms with Crippen molar-refractivity contribution >= 4 is 57.6 Å². The van der Waals surface area contributed by atoms with E-state index in [1.807, 2.05) is 0 Å². The summed E-state index contributed by atoms with van der Waals surface area (Å²) < 4.78 is 25.7. The van der Waals surface area contributed by atoms with E-state index in [0.29, 0.717) is 56.2 Å². The first kappa shape index (κ1) is 30.3. The van der Waals surface area contributed by atoms with Gasteiger partial charge in [-0.15, -0.1) is 0 Å². The summed E-state index contributed by atoms with van der Waals surface area (Å²) in [5.41, 5.74) is 1.25. The van der Waals surface area contributed by atoms with Gasteiger partial charge in [0.1, 0.15) is 5.82 Å². The summed E-state index contributed by atoms with van der Waals surface area (Å²) in [5.74, 6) is -2.19. The number of likely N-dealkylation sites (tertiary alicyclic amines) is 1. The van der Waals surface area contributed by atoms with Crippen LogP contribution in [0.4, 0.5) is 10.1 Å². The van der Waals surface area contributed by atoms with Crippen LogP contribution in [-0.4, -0.2) is 71.3 Å². The van der Waals surface area contributed by atoms with E-state index >= 15 is 0 Å². The molecule has 2 aromatic carbocycles. The van der Waals surface area contributed by atoms with E-state index in [4.69, 9.17) is 32.7 Å². The summed E-state index contributed by atoms with van der Waals surface area (Å²) in [6.07, 6.45) is 4.43. The summed E-state index contributed by atoms with van der Waals surface area (Å²) >= 11 is 13.0. The van der Waals surface area contributed by atoms with Gasteiger partial charge < -0.3 is 29.8 Å². The van der Waals surface area contributed by atoms with Crippen molar-refractivity contribution in [3.8, 4) is 0 Å². The number of nitrogens with zero attached hydrogens (tertiary/aromatic N) is 1. The van der Waals surface area contributed by atoms with Crippen LogP contribution in [0.25, 0.3) is 10.9 Å². The molecule has 42 heavy (non-hydrogen) atoms. The Kier molecular flexibility index (Phi) is 9.37. The van der Waals surface area contributed by atoms with Crippen LogP contribution in [0, 0.1) is 11.7 Å². The first-order valence-electron chi connectivity index (χ1n) is 13.9. The average Bonchev–Trinajstić information content (AvgIpc) is 3.60. The molecule has 0 bridgehead atoms. The smallest absolute Gasteiger partial charge is 0.306 e. The number of fused-ring (bicyclic) bond motifs is 1. The Morgan fingerprint density at radius 1 is 1.12 bits per heavy atom. The number of H-pyrrole nitrogens is 1. The molecule has 3 N–H and O–H groups in total. The number of anilines is 1. The van der Waals surface area contributed by atoms with E-state index in [0.717, 1.165) is 0 Å². The Morgan fingerprint density at radius 2 is 1.88 bits per heavy atom. The molecule has 1 aromatic heterocycles. The monoisotopic (exact) mass is 619 g/mol. The zero-order valence-electron chi connectivity index (χ0n) is 23.0. The Bertz CT molecular complexity index is 1490. The summed E-state index contributed by atoms with van der Waals surface area (Å²) in [6.45, 7) is 0.755. The maximum absolute atomic E-state index is 14.0. The molecule has 0 spiro atoms. The number of aliphatic carboxylic acids is 1. The summed E-state index contributed by atoms with van der Waals surface area (Å²) in [6, 6.07) is 7.34. The molecule has 9 nitrogen and oxygen atoms in total. The van der Waals surface area contributed by atoms with Crippen LogP contribution in [0.2, 0.25) is 10.0 Å². The molecule has 1 saturated heterocycles. The number of halogens is 3. The number of carboxylic acids is 1. The van der Waals surface area contributed by atoms with Crippen LogP contribution < -0.4 is 5.32 Å². The zero-order valence-corrected chi connectivity index (χ0v) is 24.5. The Balaban J connectivity index is 1.22. The number of amides is 2. The number of carbonyl (C=O) groups excluding carboxylic acids is 2. The van der Waals surface area contributed by atoms with E-state index < -0.39 is 17.7 Å². The number of aromatic amines is 1. The zero-order chi connectivity index (χ0) is 30.0. The summed E-state index contributed by atoms with van der Waals surface area (Å²) in [4.78, 5) is 42.1. The number of aromatic nitrogens is 1. The predicted molar refractivity (Wildman–Crippen MR) is 157 cm³/mol. The van der Waals surface area contributed by atoms with Gasteiger partial charge in [0, 0.05) is 30.3 Å². The van der Waals surface area contributed by atoms with E-state index in [1.54, 1.807) is 24.1 Å². The fourth-order valence-corrected chi connectivity index (χ4v) is 6.27. The Hall–Kier alpha value is -3.18. The summed E-state index contributed by atoms with van der Waals surface area (Å²) in [5, 5.41) is 12.8. The van der Waals surface area contributed by atoms with E-state index in [-0.39, 0.29) is 63.3 Å². The van der Waals surface area contributed by atoms with Gasteiger partial charge in [-0.3, -0.25) is 14.4 Å². The molecule has 224 valence electrons. The molecule has 1 saturated carbocycles. The molecule has 2 atom stereocenters. The van der Waals surface area contributed by atoms with Crippen molar-refractivity contribution < 1.29 is 33.4 Å². The number of ether oxygens (including phenoxy) is 2. The fraction of sp³-hybridized carbons (Fsp3) is 0.433. The highest BCUT2D eigenvalue weighted by molar-refractivity contribution is 6.36. The van der Waals surface area contributed by atoms with Crippen molar-refractivity contribution in [3.63, 3.8) is 0 Å². The highest BCUT2D eigenvalue weighted by Crippen LogP contribution is 2.33. The third kappa shape index (κ3) is 6.57. The molecule has 2 fully saturated rings. The van der Waals surface area contributed by atoms with Crippen molar-refractivity contribution in [1.82, 2.24) is 9.88 Å². The van der Waals surface area contributed by atoms with Gasteiger partial charge in [-0.1, -0.05) is 35.3 Å². The molecule has 0 radical (unpaired) electrons. The maximum atomic E-state index is 14.0. The van der Waals surface area contributed by atoms with Crippen LogP contribution in [0.5, 0.6) is 0 Å². The predicted octanol–water partition coefficient (Wildman–Crippen LogP) is 5.68. The molecule has 3 aromatic rings. The largest absolute Gasteiger partial charge is 0.481 e. The van der Waals surface area contributed by atoms with Crippen LogP contribution in [0.15, 0.2) is 36.5 Å². The average molecular weight is 621 g/mol. The number of para-hydroxylation sites is 1. The van der Waals surface area contributed by atoms with Gasteiger partial charge in [-0.05, 0) is 55.9 Å². The number of carboxylic acid groups (broad SMARTS) is 1. The maximum Gasteiger partial charge on any atom is 0.306 e. The third-order valence-electron chi connectivity index (χ3n) is 8.21. The summed E-state index contributed by atoms with van der Waals surface area (Å²) in [7, 11) is 1.61. The van der Waals surface area contributed by atoms with Gasteiger partial charge in [0.2, 0.25) is 5.91 Å². The molecule has 0 unspecified atom stereocenters. The molecule has 1 aliphatic carbocycles. The molecule has 1 aliphatic heterocycles. The normalized spacial score (nSPS) is 22.4. The molecular formula is C30H32Cl2FN3O6. The second-order valence-electron chi connectivity index (χ2n) is 10.9. The van der Waals surface area contributed by atoms with Crippen molar-refractivity contribution in [1.29, 1.82) is 0 Å². The van der Waals surface area contributed by atoms with Crippen molar-refractivity contribution in [3.05, 3.63) is 63.5 Å². The van der Waals surface area contributed by atoms with Crippen molar-refractivity contribution in [2.24, 2.45) is 5.92 Å². The SMILES string of the molecule is CO[C@H]1C[C@@H](CO[C@H]2CC[C@H](C(=O)O)CC2)N(C(=O)Cc2cc(Cl)c(NC(=O)c3c[nH]c4c(F)cccc34)cc2Cl)C1. The number of nitrogens with one attached hydrogen (secondary N) is 2. The molecular weight excluding hydrogens is 588 g/mol. The lowest BCUT2D eigenvalue weighted by Crippen LogP contribution is -2.40. The van der Waals surface area contributed by atoms with Gasteiger partial charge in [0.15, 0.2) is 0 Å².